The van der Waals surface area contributed by atoms with Gasteiger partial charge in [0.25, 0.3) is 5.91 Å². The second kappa shape index (κ2) is 6.80. The Kier molecular flexibility index (Phi) is 4.36. The molecule has 0 radical (unpaired) electrons. The molecule has 6 nitrogen and oxygen atoms in total. The van der Waals surface area contributed by atoms with Gasteiger partial charge in [-0.25, -0.2) is 0 Å². The average Bonchev–Trinajstić information content (AvgIpc) is 3.16. The molecule has 130 valence electrons. The summed E-state index contributed by atoms with van der Waals surface area (Å²) in [4.78, 5) is 16.4. The summed E-state index contributed by atoms with van der Waals surface area (Å²) in [5.41, 5.74) is 3.43. The Bertz CT molecular complexity index is 733. The van der Waals surface area contributed by atoms with Crippen LogP contribution >= 0.6 is 0 Å². The summed E-state index contributed by atoms with van der Waals surface area (Å²) in [6.45, 7) is 3.51. The van der Waals surface area contributed by atoms with Crippen molar-refractivity contribution in [2.24, 2.45) is 0 Å². The number of methoxy groups -OCH3 is 1. The van der Waals surface area contributed by atoms with Crippen LogP contribution < -0.4 is 4.90 Å². The molecule has 1 aromatic heterocycles. The largest absolute Gasteiger partial charge is 0.378 e. The molecule has 1 aromatic carbocycles. The van der Waals surface area contributed by atoms with Crippen LogP contribution in [-0.4, -0.2) is 60.4 Å². The van der Waals surface area contributed by atoms with E-state index in [2.05, 4.69) is 39.4 Å². The molecule has 0 saturated carbocycles. The molecule has 6 heteroatoms. The lowest BCUT2D eigenvalue weighted by atomic mass is 10.1. The third-order valence-electron chi connectivity index (χ3n) is 4.99. The van der Waals surface area contributed by atoms with Gasteiger partial charge in [-0.2, -0.15) is 0 Å². The zero-order valence-electron chi connectivity index (χ0n) is 14.4. The minimum Gasteiger partial charge on any atom is -0.378 e. The number of benzene rings is 1. The number of carbonyl (C=O) groups is 1. The van der Waals surface area contributed by atoms with Crippen molar-refractivity contribution in [3.05, 3.63) is 42.1 Å². The number of aromatic nitrogens is 2. The molecule has 3 heterocycles. The monoisotopic (exact) mass is 338 g/mol. The number of amides is 1. The minimum absolute atomic E-state index is 0.0864. The van der Waals surface area contributed by atoms with E-state index in [0.717, 1.165) is 24.3 Å². The SMILES string of the molecule is COC1CN(C(=O)c2ccc(-c3ccc(N4CCCC4)cc3)nn2)C1. The number of likely N-dealkylation sites (tertiary alicyclic amines) is 1. The van der Waals surface area contributed by atoms with Crippen LogP contribution in [0.15, 0.2) is 36.4 Å². The van der Waals surface area contributed by atoms with Gasteiger partial charge >= 0.3 is 0 Å². The van der Waals surface area contributed by atoms with Crippen molar-refractivity contribution < 1.29 is 9.53 Å². The summed E-state index contributed by atoms with van der Waals surface area (Å²) in [7, 11) is 1.66. The maximum atomic E-state index is 12.3. The van der Waals surface area contributed by atoms with Crippen molar-refractivity contribution in [2.45, 2.75) is 18.9 Å². The second-order valence-corrected chi connectivity index (χ2v) is 6.61. The van der Waals surface area contributed by atoms with Crippen molar-refractivity contribution in [1.82, 2.24) is 15.1 Å². The second-order valence-electron chi connectivity index (χ2n) is 6.61. The molecule has 2 fully saturated rings. The predicted octanol–water partition coefficient (Wildman–Crippen LogP) is 2.21. The van der Waals surface area contributed by atoms with Gasteiger partial charge in [-0.15, -0.1) is 10.2 Å². The summed E-state index contributed by atoms with van der Waals surface area (Å²) in [5, 5.41) is 8.35. The van der Waals surface area contributed by atoms with E-state index in [0.29, 0.717) is 18.8 Å². The fourth-order valence-corrected chi connectivity index (χ4v) is 3.33. The summed E-state index contributed by atoms with van der Waals surface area (Å²) in [5.74, 6) is -0.0864. The van der Waals surface area contributed by atoms with Crippen molar-refractivity contribution in [3.8, 4) is 11.3 Å². The summed E-state index contributed by atoms with van der Waals surface area (Å²) in [6.07, 6.45) is 2.68. The van der Waals surface area contributed by atoms with Gasteiger partial charge in [0, 0.05) is 44.5 Å². The number of nitrogens with zero attached hydrogens (tertiary/aromatic N) is 4. The maximum absolute atomic E-state index is 12.3. The first-order chi connectivity index (χ1) is 12.2. The van der Waals surface area contributed by atoms with Gasteiger partial charge in [0.2, 0.25) is 0 Å². The lowest BCUT2D eigenvalue weighted by Gasteiger charge is -2.37. The smallest absolute Gasteiger partial charge is 0.274 e. The normalized spacial score (nSPS) is 17.6. The van der Waals surface area contributed by atoms with Crippen LogP contribution in [0.25, 0.3) is 11.3 Å². The highest BCUT2D eigenvalue weighted by molar-refractivity contribution is 5.93. The highest BCUT2D eigenvalue weighted by atomic mass is 16.5. The minimum atomic E-state index is -0.0864. The van der Waals surface area contributed by atoms with E-state index in [1.165, 1.54) is 18.5 Å². The topological polar surface area (TPSA) is 58.6 Å². The number of hydrogen-bond donors (Lipinski definition) is 0. The Hall–Kier alpha value is -2.47. The zero-order chi connectivity index (χ0) is 17.2. The van der Waals surface area contributed by atoms with Crippen LogP contribution in [-0.2, 0) is 4.74 Å². The Morgan fingerprint density at radius 3 is 2.36 bits per heavy atom. The molecule has 2 aromatic rings. The standard InChI is InChI=1S/C19H22N4O2/c1-25-16-12-23(13-16)19(24)18-9-8-17(20-21-18)14-4-6-15(7-5-14)22-10-2-3-11-22/h4-9,16H,2-3,10-13H2,1H3. The van der Waals surface area contributed by atoms with Gasteiger partial charge in [-0.05, 0) is 37.1 Å². The number of hydrogen-bond acceptors (Lipinski definition) is 5. The van der Waals surface area contributed by atoms with Crippen molar-refractivity contribution >= 4 is 11.6 Å². The van der Waals surface area contributed by atoms with Crippen molar-refractivity contribution in [1.29, 1.82) is 0 Å². The lowest BCUT2D eigenvalue weighted by Crippen LogP contribution is -2.54. The fourth-order valence-electron chi connectivity index (χ4n) is 3.33. The van der Waals surface area contributed by atoms with Gasteiger partial charge in [-0.3, -0.25) is 4.79 Å². The molecule has 0 atom stereocenters. The molecule has 2 aliphatic rings. The quantitative estimate of drug-likeness (QED) is 0.855. The van der Waals surface area contributed by atoms with E-state index in [1.807, 2.05) is 6.07 Å². The van der Waals surface area contributed by atoms with Gasteiger partial charge in [-0.1, -0.05) is 12.1 Å². The Morgan fingerprint density at radius 1 is 1.04 bits per heavy atom. The fraction of sp³-hybridized carbons (Fsp3) is 0.421. The third kappa shape index (κ3) is 3.22. The van der Waals surface area contributed by atoms with Crippen LogP contribution in [0.4, 0.5) is 5.69 Å². The molecule has 0 N–H and O–H groups in total. The zero-order valence-corrected chi connectivity index (χ0v) is 14.4. The number of rotatable bonds is 4. The molecule has 0 unspecified atom stereocenters. The average molecular weight is 338 g/mol. The summed E-state index contributed by atoms with van der Waals surface area (Å²) >= 11 is 0. The molecule has 0 aliphatic carbocycles. The first kappa shape index (κ1) is 16.0. The van der Waals surface area contributed by atoms with Gasteiger partial charge in [0.05, 0.1) is 11.8 Å². The molecule has 25 heavy (non-hydrogen) atoms. The molecule has 0 spiro atoms. The van der Waals surface area contributed by atoms with Crippen LogP contribution in [0.1, 0.15) is 23.3 Å². The summed E-state index contributed by atoms with van der Waals surface area (Å²) in [6, 6.07) is 12.0. The third-order valence-corrected chi connectivity index (χ3v) is 4.99. The molecular formula is C19H22N4O2. The van der Waals surface area contributed by atoms with E-state index in [1.54, 1.807) is 18.1 Å². The molecule has 4 rings (SSSR count). The van der Waals surface area contributed by atoms with Crippen molar-refractivity contribution in [3.63, 3.8) is 0 Å². The van der Waals surface area contributed by atoms with Gasteiger partial charge < -0.3 is 14.5 Å². The first-order valence-corrected chi connectivity index (χ1v) is 8.76. The van der Waals surface area contributed by atoms with Gasteiger partial charge in [0.15, 0.2) is 5.69 Å². The van der Waals surface area contributed by atoms with E-state index >= 15 is 0 Å². The Labute approximate surface area is 147 Å². The van der Waals surface area contributed by atoms with Crippen LogP contribution in [0, 0.1) is 0 Å². The van der Waals surface area contributed by atoms with E-state index in [9.17, 15) is 4.79 Å². The number of anilines is 1. The molecule has 1 amide bonds. The van der Waals surface area contributed by atoms with Crippen LogP contribution in [0.3, 0.4) is 0 Å². The highest BCUT2D eigenvalue weighted by Crippen LogP contribution is 2.24. The first-order valence-electron chi connectivity index (χ1n) is 8.76. The Balaban J connectivity index is 1.44. The van der Waals surface area contributed by atoms with Crippen LogP contribution in [0.2, 0.25) is 0 Å². The van der Waals surface area contributed by atoms with E-state index in [-0.39, 0.29) is 12.0 Å². The van der Waals surface area contributed by atoms with E-state index < -0.39 is 0 Å². The number of carbonyl (C=O) groups excluding carboxylic acids is 1. The van der Waals surface area contributed by atoms with Gasteiger partial charge in [0.1, 0.15) is 0 Å². The highest BCUT2D eigenvalue weighted by Gasteiger charge is 2.31. The van der Waals surface area contributed by atoms with E-state index in [4.69, 9.17) is 4.74 Å². The number of ether oxygens (including phenoxy) is 1. The lowest BCUT2D eigenvalue weighted by molar-refractivity contribution is -0.0195. The summed E-state index contributed by atoms with van der Waals surface area (Å²) < 4.78 is 5.19. The molecule has 0 bridgehead atoms. The maximum Gasteiger partial charge on any atom is 0.274 e. The van der Waals surface area contributed by atoms with Crippen LogP contribution in [0.5, 0.6) is 0 Å². The Morgan fingerprint density at radius 2 is 1.76 bits per heavy atom. The molecule has 2 aliphatic heterocycles. The predicted molar refractivity (Wildman–Crippen MR) is 95.6 cm³/mol. The molecular weight excluding hydrogens is 316 g/mol. The van der Waals surface area contributed by atoms with Crippen molar-refractivity contribution in [2.75, 3.05) is 38.2 Å². The molecule has 2 saturated heterocycles.